The lowest BCUT2D eigenvalue weighted by Gasteiger charge is -2.11. The van der Waals surface area contributed by atoms with Gasteiger partial charge in [-0.15, -0.1) is 10.2 Å². The van der Waals surface area contributed by atoms with Gasteiger partial charge in [0.15, 0.2) is 10.8 Å². The van der Waals surface area contributed by atoms with E-state index in [-0.39, 0.29) is 11.2 Å². The molecule has 7 heteroatoms. The third kappa shape index (κ3) is 3.34. The van der Waals surface area contributed by atoms with E-state index in [9.17, 15) is 4.79 Å². The van der Waals surface area contributed by atoms with Gasteiger partial charge in [-0.1, -0.05) is 30.0 Å². The van der Waals surface area contributed by atoms with Gasteiger partial charge in [-0.05, 0) is 32.9 Å². The Kier molecular flexibility index (Phi) is 4.29. The second-order valence-electron chi connectivity index (χ2n) is 5.24. The topological polar surface area (TPSA) is 72.2 Å². The van der Waals surface area contributed by atoms with Crippen molar-refractivity contribution in [1.82, 2.24) is 19.6 Å². The quantitative estimate of drug-likeness (QED) is 0.746. The minimum absolute atomic E-state index is 0.0735. The second-order valence-corrected chi connectivity index (χ2v) is 6.54. The highest BCUT2D eigenvalue weighted by atomic mass is 32.2. The zero-order valence-corrected chi connectivity index (χ0v) is 14.0. The van der Waals surface area contributed by atoms with Gasteiger partial charge in [0.2, 0.25) is 5.91 Å². The predicted molar refractivity (Wildman–Crippen MR) is 90.6 cm³/mol. The average molecular weight is 327 g/mol. The van der Waals surface area contributed by atoms with Crippen LogP contribution in [0.15, 0.2) is 41.6 Å². The van der Waals surface area contributed by atoms with Crippen molar-refractivity contribution in [2.75, 3.05) is 5.32 Å². The van der Waals surface area contributed by atoms with E-state index < -0.39 is 0 Å². The van der Waals surface area contributed by atoms with Crippen molar-refractivity contribution in [3.63, 3.8) is 0 Å². The summed E-state index contributed by atoms with van der Waals surface area (Å²) < 4.78 is 1.87. The average Bonchev–Trinajstić information content (AvgIpc) is 2.91. The van der Waals surface area contributed by atoms with E-state index in [1.165, 1.54) is 11.8 Å². The number of nitrogens with zero attached hydrogens (tertiary/aromatic N) is 4. The van der Waals surface area contributed by atoms with E-state index in [4.69, 9.17) is 0 Å². The minimum Gasteiger partial charge on any atom is -0.325 e. The molecule has 0 saturated heterocycles. The SMILES string of the molecule is Cc1cc2nnc(SC(C)C(=O)Nc3ccccc3)n2c(C)n1. The zero-order chi connectivity index (χ0) is 16.4. The maximum atomic E-state index is 12.3. The van der Waals surface area contributed by atoms with Crippen molar-refractivity contribution in [2.24, 2.45) is 0 Å². The van der Waals surface area contributed by atoms with Gasteiger partial charge in [0.25, 0.3) is 0 Å². The highest BCUT2D eigenvalue weighted by molar-refractivity contribution is 8.00. The number of carbonyl (C=O) groups is 1. The molecule has 1 unspecified atom stereocenters. The molecule has 2 heterocycles. The molecule has 3 rings (SSSR count). The van der Waals surface area contributed by atoms with Gasteiger partial charge >= 0.3 is 0 Å². The van der Waals surface area contributed by atoms with E-state index in [1.54, 1.807) is 0 Å². The Bertz CT molecular complexity index is 846. The number of nitrogens with one attached hydrogen (secondary N) is 1. The fraction of sp³-hybridized carbons (Fsp3) is 0.250. The van der Waals surface area contributed by atoms with Crippen LogP contribution in [0.3, 0.4) is 0 Å². The molecule has 0 bridgehead atoms. The minimum atomic E-state index is -0.302. The van der Waals surface area contributed by atoms with Crippen LogP contribution in [0.5, 0.6) is 0 Å². The molecule has 0 fully saturated rings. The molecule has 0 spiro atoms. The van der Waals surface area contributed by atoms with E-state index in [0.717, 1.165) is 22.9 Å². The van der Waals surface area contributed by atoms with Crippen molar-refractivity contribution in [2.45, 2.75) is 31.2 Å². The maximum Gasteiger partial charge on any atom is 0.237 e. The van der Waals surface area contributed by atoms with E-state index in [1.807, 2.05) is 61.6 Å². The molecule has 6 nitrogen and oxygen atoms in total. The number of benzene rings is 1. The maximum absolute atomic E-state index is 12.3. The van der Waals surface area contributed by atoms with Gasteiger partial charge in [0.1, 0.15) is 5.82 Å². The van der Waals surface area contributed by atoms with Crippen LogP contribution >= 0.6 is 11.8 Å². The summed E-state index contributed by atoms with van der Waals surface area (Å²) in [6.07, 6.45) is 0. The normalized spacial score (nSPS) is 12.3. The van der Waals surface area contributed by atoms with Crippen LogP contribution in [-0.4, -0.2) is 30.7 Å². The van der Waals surface area contributed by atoms with Crippen LogP contribution in [0.4, 0.5) is 5.69 Å². The molecule has 0 aliphatic heterocycles. The van der Waals surface area contributed by atoms with E-state index in [2.05, 4.69) is 20.5 Å². The first-order valence-electron chi connectivity index (χ1n) is 7.26. The van der Waals surface area contributed by atoms with Gasteiger partial charge in [-0.2, -0.15) is 0 Å². The summed E-state index contributed by atoms with van der Waals surface area (Å²) in [6.45, 7) is 5.67. The number of anilines is 1. The Labute approximate surface area is 138 Å². The number of rotatable bonds is 4. The molecule has 3 aromatic rings. The molecule has 0 aliphatic rings. The molecular weight excluding hydrogens is 310 g/mol. The first-order valence-corrected chi connectivity index (χ1v) is 8.14. The Morgan fingerprint density at radius 3 is 2.70 bits per heavy atom. The number of hydrogen-bond donors (Lipinski definition) is 1. The number of aromatic nitrogens is 4. The molecule has 0 aliphatic carbocycles. The molecule has 1 atom stereocenters. The van der Waals surface area contributed by atoms with Gasteiger partial charge < -0.3 is 5.32 Å². The molecule has 0 radical (unpaired) electrons. The smallest absolute Gasteiger partial charge is 0.237 e. The molecule has 1 aromatic carbocycles. The molecule has 23 heavy (non-hydrogen) atoms. The van der Waals surface area contributed by atoms with Crippen LogP contribution in [0.25, 0.3) is 5.65 Å². The summed E-state index contributed by atoms with van der Waals surface area (Å²) in [4.78, 5) is 16.7. The fourth-order valence-corrected chi connectivity index (χ4v) is 3.16. The third-order valence-corrected chi connectivity index (χ3v) is 4.39. The van der Waals surface area contributed by atoms with Crippen molar-refractivity contribution < 1.29 is 4.79 Å². The number of aryl methyl sites for hydroxylation is 2. The highest BCUT2D eigenvalue weighted by Gasteiger charge is 2.19. The number of amides is 1. The van der Waals surface area contributed by atoms with Gasteiger partial charge in [0.05, 0.1) is 5.25 Å². The lowest BCUT2D eigenvalue weighted by Crippen LogP contribution is -2.22. The predicted octanol–water partition coefficient (Wildman–Crippen LogP) is 2.86. The third-order valence-electron chi connectivity index (χ3n) is 3.35. The summed E-state index contributed by atoms with van der Waals surface area (Å²) in [5.74, 6) is 0.735. The largest absolute Gasteiger partial charge is 0.325 e. The number of para-hydroxylation sites is 1. The highest BCUT2D eigenvalue weighted by Crippen LogP contribution is 2.24. The zero-order valence-electron chi connectivity index (χ0n) is 13.1. The van der Waals surface area contributed by atoms with Crippen LogP contribution in [0.2, 0.25) is 0 Å². The number of fused-ring (bicyclic) bond motifs is 1. The van der Waals surface area contributed by atoms with Crippen LogP contribution in [-0.2, 0) is 4.79 Å². The molecule has 2 aromatic heterocycles. The molecule has 0 saturated carbocycles. The molecule has 1 N–H and O–H groups in total. The number of carbonyl (C=O) groups excluding carboxylic acids is 1. The van der Waals surface area contributed by atoms with Crippen molar-refractivity contribution in [3.05, 3.63) is 47.9 Å². The Morgan fingerprint density at radius 1 is 1.22 bits per heavy atom. The number of thioether (sulfide) groups is 1. The lowest BCUT2D eigenvalue weighted by atomic mass is 10.3. The summed E-state index contributed by atoms with van der Waals surface area (Å²) in [7, 11) is 0. The Morgan fingerprint density at radius 2 is 1.96 bits per heavy atom. The number of hydrogen-bond acceptors (Lipinski definition) is 5. The lowest BCUT2D eigenvalue weighted by molar-refractivity contribution is -0.115. The van der Waals surface area contributed by atoms with Crippen LogP contribution in [0.1, 0.15) is 18.4 Å². The van der Waals surface area contributed by atoms with Crippen molar-refractivity contribution >= 4 is 29.0 Å². The van der Waals surface area contributed by atoms with Crippen LogP contribution in [0, 0.1) is 13.8 Å². The monoisotopic (exact) mass is 327 g/mol. The summed E-state index contributed by atoms with van der Waals surface area (Å²) >= 11 is 1.36. The van der Waals surface area contributed by atoms with Crippen LogP contribution < -0.4 is 5.32 Å². The van der Waals surface area contributed by atoms with E-state index >= 15 is 0 Å². The Hall–Kier alpha value is -2.41. The standard InChI is InChI=1S/C16H17N5OS/c1-10-9-14-19-20-16(21(14)12(3)17-10)23-11(2)15(22)18-13-7-5-4-6-8-13/h4-9,11H,1-3H3,(H,18,22). The summed E-state index contributed by atoms with van der Waals surface area (Å²) in [5, 5.41) is 11.6. The van der Waals surface area contributed by atoms with Crippen molar-refractivity contribution in [3.8, 4) is 0 Å². The first-order chi connectivity index (χ1) is 11.0. The van der Waals surface area contributed by atoms with Gasteiger partial charge in [0, 0.05) is 17.4 Å². The molecule has 118 valence electrons. The second kappa shape index (κ2) is 6.37. The summed E-state index contributed by atoms with van der Waals surface area (Å²) in [5.41, 5.74) is 2.42. The first kappa shape index (κ1) is 15.5. The Balaban J connectivity index is 1.78. The van der Waals surface area contributed by atoms with Gasteiger partial charge in [-0.3, -0.25) is 9.20 Å². The fourth-order valence-electron chi connectivity index (χ4n) is 2.26. The van der Waals surface area contributed by atoms with Crippen molar-refractivity contribution in [1.29, 1.82) is 0 Å². The van der Waals surface area contributed by atoms with Gasteiger partial charge in [-0.25, -0.2) is 4.98 Å². The molecule has 1 amide bonds. The molecular formula is C16H17N5OS. The summed E-state index contributed by atoms with van der Waals surface area (Å²) in [6, 6.07) is 11.3. The van der Waals surface area contributed by atoms with E-state index in [0.29, 0.717) is 5.16 Å².